The number of aryl methyl sites for hydroxylation is 1. The molecule has 0 radical (unpaired) electrons. The Labute approximate surface area is 72.0 Å². The zero-order chi connectivity index (χ0) is 8.55. The number of aromatic nitrogens is 2. The summed E-state index contributed by atoms with van der Waals surface area (Å²) in [6.07, 6.45) is 4.73. The number of hydrogen-bond acceptors (Lipinski definition) is 3. The van der Waals surface area contributed by atoms with E-state index in [1.54, 1.807) is 6.33 Å². The van der Waals surface area contributed by atoms with Crippen LogP contribution in [0.3, 0.4) is 0 Å². The van der Waals surface area contributed by atoms with E-state index in [2.05, 4.69) is 9.97 Å². The fraction of sp³-hybridized carbons (Fsp3) is 0.556. The van der Waals surface area contributed by atoms with Crippen molar-refractivity contribution in [2.45, 2.75) is 19.3 Å². The van der Waals surface area contributed by atoms with Crippen molar-refractivity contribution in [3.8, 4) is 0 Å². The molecule has 2 rings (SSSR count). The first-order valence-corrected chi connectivity index (χ1v) is 4.29. The Hall–Kier alpha value is -0.960. The van der Waals surface area contributed by atoms with E-state index in [1.807, 2.05) is 13.1 Å². The van der Waals surface area contributed by atoms with Gasteiger partial charge in [-0.1, -0.05) is 0 Å². The predicted molar refractivity (Wildman–Crippen MR) is 46.7 cm³/mol. The first kappa shape index (κ1) is 7.68. The van der Waals surface area contributed by atoms with Crippen LogP contribution in [0.1, 0.15) is 23.6 Å². The summed E-state index contributed by atoms with van der Waals surface area (Å²) in [4.78, 5) is 8.18. The molecule has 64 valence electrons. The van der Waals surface area contributed by atoms with Crippen LogP contribution in [0.25, 0.3) is 0 Å². The second kappa shape index (κ2) is 2.83. The molecule has 2 N–H and O–H groups in total. The minimum Gasteiger partial charge on any atom is -0.330 e. The third kappa shape index (κ3) is 1.20. The van der Waals surface area contributed by atoms with E-state index < -0.39 is 0 Å². The van der Waals surface area contributed by atoms with E-state index in [9.17, 15) is 0 Å². The van der Waals surface area contributed by atoms with Crippen molar-refractivity contribution in [1.82, 2.24) is 9.97 Å². The van der Waals surface area contributed by atoms with Crippen LogP contribution < -0.4 is 5.73 Å². The van der Waals surface area contributed by atoms with Gasteiger partial charge < -0.3 is 5.73 Å². The van der Waals surface area contributed by atoms with Crippen molar-refractivity contribution < 1.29 is 0 Å². The van der Waals surface area contributed by atoms with Crippen molar-refractivity contribution in [2.24, 2.45) is 11.7 Å². The molecule has 1 fully saturated rings. The lowest BCUT2D eigenvalue weighted by Crippen LogP contribution is -2.03. The van der Waals surface area contributed by atoms with E-state index in [0.717, 1.165) is 12.2 Å². The quantitative estimate of drug-likeness (QED) is 0.703. The molecule has 3 heteroatoms. The van der Waals surface area contributed by atoms with Crippen LogP contribution in [0.15, 0.2) is 12.5 Å². The fourth-order valence-electron chi connectivity index (χ4n) is 1.65. The highest BCUT2D eigenvalue weighted by atomic mass is 14.8. The standard InChI is InChI=1S/C9H13N3/c1-6-9(4-11-5-12-6)8-2-7(8)3-10/h4-5,7-8H,2-3,10H2,1H3/t7-,8+/m0/s1. The second-order valence-corrected chi connectivity index (χ2v) is 3.40. The SMILES string of the molecule is Cc1ncncc1[C@@H]1C[C@H]1CN. The van der Waals surface area contributed by atoms with E-state index in [4.69, 9.17) is 5.73 Å². The third-order valence-corrected chi connectivity index (χ3v) is 2.57. The lowest BCUT2D eigenvalue weighted by atomic mass is 10.1. The van der Waals surface area contributed by atoms with Gasteiger partial charge in [0.15, 0.2) is 0 Å². The van der Waals surface area contributed by atoms with Gasteiger partial charge in [-0.05, 0) is 37.3 Å². The Morgan fingerprint density at radius 2 is 2.50 bits per heavy atom. The molecule has 2 atom stereocenters. The Morgan fingerprint density at radius 3 is 3.08 bits per heavy atom. The highest BCUT2D eigenvalue weighted by Gasteiger charge is 2.38. The molecule has 0 bridgehead atoms. The van der Waals surface area contributed by atoms with Gasteiger partial charge in [-0.15, -0.1) is 0 Å². The van der Waals surface area contributed by atoms with Gasteiger partial charge in [-0.3, -0.25) is 0 Å². The van der Waals surface area contributed by atoms with Gasteiger partial charge in [0.1, 0.15) is 6.33 Å². The Balaban J connectivity index is 2.19. The van der Waals surface area contributed by atoms with Gasteiger partial charge in [-0.25, -0.2) is 9.97 Å². The summed E-state index contributed by atoms with van der Waals surface area (Å²) in [5, 5.41) is 0. The summed E-state index contributed by atoms with van der Waals surface area (Å²) < 4.78 is 0. The van der Waals surface area contributed by atoms with Gasteiger partial charge in [0.25, 0.3) is 0 Å². The van der Waals surface area contributed by atoms with Gasteiger partial charge >= 0.3 is 0 Å². The average Bonchev–Trinajstić information content (AvgIpc) is 2.84. The molecule has 0 spiro atoms. The van der Waals surface area contributed by atoms with Crippen LogP contribution in [0.5, 0.6) is 0 Å². The average molecular weight is 163 g/mol. The maximum absolute atomic E-state index is 5.57. The smallest absolute Gasteiger partial charge is 0.115 e. The van der Waals surface area contributed by atoms with E-state index in [1.165, 1.54) is 12.0 Å². The van der Waals surface area contributed by atoms with Gasteiger partial charge in [-0.2, -0.15) is 0 Å². The van der Waals surface area contributed by atoms with Crippen LogP contribution in [-0.2, 0) is 0 Å². The van der Waals surface area contributed by atoms with Crippen LogP contribution in [-0.4, -0.2) is 16.5 Å². The topological polar surface area (TPSA) is 51.8 Å². The van der Waals surface area contributed by atoms with Crippen molar-refractivity contribution in [3.63, 3.8) is 0 Å². The summed E-state index contributed by atoms with van der Waals surface area (Å²) in [6.45, 7) is 2.82. The summed E-state index contributed by atoms with van der Waals surface area (Å²) in [7, 11) is 0. The van der Waals surface area contributed by atoms with Gasteiger partial charge in [0.2, 0.25) is 0 Å². The first-order valence-electron chi connectivity index (χ1n) is 4.29. The number of nitrogens with zero attached hydrogens (tertiary/aromatic N) is 2. The van der Waals surface area contributed by atoms with Crippen molar-refractivity contribution in [1.29, 1.82) is 0 Å². The van der Waals surface area contributed by atoms with Crippen molar-refractivity contribution in [2.75, 3.05) is 6.54 Å². The van der Waals surface area contributed by atoms with E-state index in [0.29, 0.717) is 11.8 Å². The molecular formula is C9H13N3. The lowest BCUT2D eigenvalue weighted by Gasteiger charge is -2.00. The maximum atomic E-state index is 5.57. The number of nitrogens with two attached hydrogens (primary N) is 1. The zero-order valence-electron chi connectivity index (χ0n) is 7.20. The molecule has 3 nitrogen and oxygen atoms in total. The molecule has 0 aromatic carbocycles. The molecule has 1 aromatic rings. The second-order valence-electron chi connectivity index (χ2n) is 3.40. The van der Waals surface area contributed by atoms with Crippen LogP contribution in [0.2, 0.25) is 0 Å². The van der Waals surface area contributed by atoms with Crippen LogP contribution >= 0.6 is 0 Å². The summed E-state index contributed by atoms with van der Waals surface area (Å²) in [5.74, 6) is 1.31. The minimum atomic E-state index is 0.635. The first-order chi connectivity index (χ1) is 5.83. The summed E-state index contributed by atoms with van der Waals surface area (Å²) >= 11 is 0. The number of hydrogen-bond donors (Lipinski definition) is 1. The Bertz CT molecular complexity index is 285. The molecule has 1 aromatic heterocycles. The molecule has 1 aliphatic rings. The molecule has 0 saturated heterocycles. The molecule has 0 unspecified atom stereocenters. The minimum absolute atomic E-state index is 0.635. The largest absolute Gasteiger partial charge is 0.330 e. The Morgan fingerprint density at radius 1 is 1.67 bits per heavy atom. The maximum Gasteiger partial charge on any atom is 0.115 e. The van der Waals surface area contributed by atoms with E-state index >= 15 is 0 Å². The molecular weight excluding hydrogens is 150 g/mol. The third-order valence-electron chi connectivity index (χ3n) is 2.57. The van der Waals surface area contributed by atoms with Crippen molar-refractivity contribution in [3.05, 3.63) is 23.8 Å². The summed E-state index contributed by atoms with van der Waals surface area (Å²) in [5.41, 5.74) is 7.96. The van der Waals surface area contributed by atoms with Gasteiger partial charge in [0.05, 0.1) is 0 Å². The molecule has 1 heterocycles. The molecule has 0 aliphatic heterocycles. The molecule has 1 aliphatic carbocycles. The normalized spacial score (nSPS) is 27.2. The summed E-state index contributed by atoms with van der Waals surface area (Å²) in [6, 6.07) is 0. The molecule has 1 saturated carbocycles. The monoisotopic (exact) mass is 163 g/mol. The van der Waals surface area contributed by atoms with E-state index in [-0.39, 0.29) is 0 Å². The van der Waals surface area contributed by atoms with Crippen LogP contribution in [0.4, 0.5) is 0 Å². The van der Waals surface area contributed by atoms with Crippen molar-refractivity contribution >= 4 is 0 Å². The lowest BCUT2D eigenvalue weighted by molar-refractivity contribution is 0.800. The number of rotatable bonds is 2. The van der Waals surface area contributed by atoms with Crippen LogP contribution in [0, 0.1) is 12.8 Å². The fourth-order valence-corrected chi connectivity index (χ4v) is 1.65. The highest BCUT2D eigenvalue weighted by molar-refractivity contribution is 5.26. The molecule has 12 heavy (non-hydrogen) atoms. The Kier molecular flexibility index (Phi) is 1.81. The highest BCUT2D eigenvalue weighted by Crippen LogP contribution is 2.46. The molecule has 0 amide bonds. The van der Waals surface area contributed by atoms with Gasteiger partial charge in [0, 0.05) is 11.9 Å². The zero-order valence-corrected chi connectivity index (χ0v) is 7.20. The predicted octanol–water partition coefficient (Wildman–Crippen LogP) is 0.847.